The lowest BCUT2D eigenvalue weighted by molar-refractivity contribution is -0.161. The number of phosphoric ester groups is 1. The Morgan fingerprint density at radius 3 is 1.03 bits per heavy atom. The quantitative estimate of drug-likeness (QED) is 0.0348. The molecule has 10 heteroatoms. The normalized spacial score (nSPS) is 13.1. The summed E-state index contributed by atoms with van der Waals surface area (Å²) in [5.74, 6) is -0.810. The van der Waals surface area contributed by atoms with E-state index in [-0.39, 0.29) is 38.6 Å². The highest BCUT2D eigenvalue weighted by atomic mass is 31.2. The molecule has 0 aliphatic carbocycles. The number of phosphoric acid groups is 1. The zero-order chi connectivity index (χ0) is 43.2. The maximum Gasteiger partial charge on any atom is 0.472 e. The van der Waals surface area contributed by atoms with E-state index >= 15 is 0 Å². The van der Waals surface area contributed by atoms with Crippen LogP contribution in [-0.4, -0.2) is 49.3 Å². The molecule has 9 nitrogen and oxygen atoms in total. The van der Waals surface area contributed by atoms with Crippen LogP contribution in [0.1, 0.15) is 271 Å². The molecule has 0 fully saturated rings. The van der Waals surface area contributed by atoms with Gasteiger partial charge in [-0.1, -0.05) is 245 Å². The Labute approximate surface area is 365 Å². The van der Waals surface area contributed by atoms with Gasteiger partial charge in [0.05, 0.1) is 13.2 Å². The van der Waals surface area contributed by atoms with Crippen molar-refractivity contribution in [3.05, 3.63) is 0 Å². The number of unbranched alkanes of at least 4 members (excludes halogenated alkanes) is 36. The van der Waals surface area contributed by atoms with Crippen molar-refractivity contribution in [1.29, 1.82) is 0 Å². The molecule has 0 heterocycles. The Balaban J connectivity index is 3.90. The number of ether oxygens (including phenoxy) is 2. The molecule has 0 bridgehead atoms. The molecule has 0 aromatic heterocycles. The zero-order valence-corrected chi connectivity index (χ0v) is 39.9. The first kappa shape index (κ1) is 58.0. The lowest BCUT2D eigenvalue weighted by Gasteiger charge is -2.19. The van der Waals surface area contributed by atoms with Gasteiger partial charge in [-0.05, 0) is 12.8 Å². The summed E-state index contributed by atoms with van der Waals surface area (Å²) in [6.45, 7) is 3.79. The maximum atomic E-state index is 12.6. The molecule has 0 radical (unpaired) electrons. The summed E-state index contributed by atoms with van der Waals surface area (Å²) in [5.41, 5.74) is 5.36. The lowest BCUT2D eigenvalue weighted by atomic mass is 10.0. The number of carbonyl (C=O) groups is 2. The third-order valence-corrected chi connectivity index (χ3v) is 12.5. The van der Waals surface area contributed by atoms with Gasteiger partial charge in [-0.15, -0.1) is 0 Å². The maximum absolute atomic E-state index is 12.6. The van der Waals surface area contributed by atoms with Gasteiger partial charge in [-0.2, -0.15) is 0 Å². The van der Waals surface area contributed by atoms with Crippen LogP contribution in [0.25, 0.3) is 0 Å². The molecule has 0 aromatic rings. The van der Waals surface area contributed by atoms with E-state index in [2.05, 4.69) is 13.8 Å². The van der Waals surface area contributed by atoms with Crippen molar-refractivity contribution in [2.45, 2.75) is 277 Å². The minimum atomic E-state index is -4.37. The van der Waals surface area contributed by atoms with Crippen molar-refractivity contribution in [3.8, 4) is 0 Å². The van der Waals surface area contributed by atoms with E-state index in [0.29, 0.717) is 6.42 Å². The van der Waals surface area contributed by atoms with Gasteiger partial charge >= 0.3 is 19.8 Å². The van der Waals surface area contributed by atoms with E-state index in [0.717, 1.165) is 32.1 Å². The van der Waals surface area contributed by atoms with Crippen LogP contribution in [0.5, 0.6) is 0 Å². The first-order valence-corrected chi connectivity index (χ1v) is 27.0. The van der Waals surface area contributed by atoms with Crippen LogP contribution in [0.15, 0.2) is 0 Å². The second-order valence-corrected chi connectivity index (χ2v) is 18.9. The van der Waals surface area contributed by atoms with Gasteiger partial charge in [-0.3, -0.25) is 18.6 Å². The highest BCUT2D eigenvalue weighted by Crippen LogP contribution is 2.43. The molecule has 0 saturated carbocycles. The summed E-state index contributed by atoms with van der Waals surface area (Å²) in [6, 6.07) is 0. The van der Waals surface area contributed by atoms with Crippen LogP contribution in [0.3, 0.4) is 0 Å². The Kier molecular flexibility index (Phi) is 45.7. The average Bonchev–Trinajstić information content (AvgIpc) is 3.22. The van der Waals surface area contributed by atoms with Crippen LogP contribution in [0.4, 0.5) is 0 Å². The first-order valence-electron chi connectivity index (χ1n) is 25.5. The number of carbonyl (C=O) groups excluding carboxylic acids is 2. The van der Waals surface area contributed by atoms with Crippen molar-refractivity contribution in [2.24, 2.45) is 5.73 Å². The molecule has 0 aliphatic heterocycles. The molecule has 2 unspecified atom stereocenters. The summed E-state index contributed by atoms with van der Waals surface area (Å²) in [6.07, 6.45) is 48.7. The van der Waals surface area contributed by atoms with Gasteiger partial charge in [0.25, 0.3) is 0 Å². The third-order valence-electron chi connectivity index (χ3n) is 11.5. The highest BCUT2D eigenvalue weighted by molar-refractivity contribution is 7.47. The highest BCUT2D eigenvalue weighted by Gasteiger charge is 2.26. The number of nitrogens with two attached hydrogens (primary N) is 1. The van der Waals surface area contributed by atoms with Gasteiger partial charge in [0, 0.05) is 19.4 Å². The summed E-state index contributed by atoms with van der Waals surface area (Å²) in [7, 11) is -4.37. The summed E-state index contributed by atoms with van der Waals surface area (Å²) in [5, 5.41) is 0. The third kappa shape index (κ3) is 46.3. The van der Waals surface area contributed by atoms with E-state index < -0.39 is 26.5 Å². The molecule has 0 saturated heterocycles. The molecule has 0 amide bonds. The zero-order valence-electron chi connectivity index (χ0n) is 39.0. The van der Waals surface area contributed by atoms with Crippen molar-refractivity contribution in [2.75, 3.05) is 26.4 Å². The van der Waals surface area contributed by atoms with Gasteiger partial charge < -0.3 is 20.1 Å². The van der Waals surface area contributed by atoms with E-state index in [9.17, 15) is 19.0 Å². The van der Waals surface area contributed by atoms with Gasteiger partial charge in [0.2, 0.25) is 0 Å². The Hall–Kier alpha value is -0.990. The smallest absolute Gasteiger partial charge is 0.462 e. The van der Waals surface area contributed by atoms with Gasteiger partial charge in [0.1, 0.15) is 6.61 Å². The lowest BCUT2D eigenvalue weighted by Crippen LogP contribution is -2.29. The fourth-order valence-electron chi connectivity index (χ4n) is 7.70. The standard InChI is InChI=1S/C49H98NO8P/c1-3-5-7-9-11-13-15-17-18-19-20-21-22-23-24-25-26-27-28-29-30-32-34-36-38-40-42-49(52)58-47(46-57-59(53,54)56-44-43-50)45-55-48(51)41-39-37-35-33-31-16-14-12-10-8-6-4-2/h47H,3-46,50H2,1-2H3,(H,53,54). The molecule has 0 spiro atoms. The molecule has 3 N–H and O–H groups in total. The molecular weight excluding hydrogens is 762 g/mol. The fraction of sp³-hybridized carbons (Fsp3) is 0.959. The van der Waals surface area contributed by atoms with Crippen LogP contribution in [0.2, 0.25) is 0 Å². The van der Waals surface area contributed by atoms with Crippen molar-refractivity contribution < 1.29 is 37.6 Å². The summed E-state index contributed by atoms with van der Waals surface area (Å²) < 4.78 is 32.9. The average molecular weight is 860 g/mol. The SMILES string of the molecule is CCCCCCCCCCCCCCCCCCCCCCCCCCCCC(=O)OC(COC(=O)CCCCCCCCCCCCCC)COP(=O)(O)OCCN. The molecule has 59 heavy (non-hydrogen) atoms. The Morgan fingerprint density at radius 1 is 0.441 bits per heavy atom. The van der Waals surface area contributed by atoms with Crippen LogP contribution in [-0.2, 0) is 32.7 Å². The van der Waals surface area contributed by atoms with Gasteiger partial charge in [-0.25, -0.2) is 4.57 Å². The van der Waals surface area contributed by atoms with Crippen molar-refractivity contribution in [3.63, 3.8) is 0 Å². The Bertz CT molecular complexity index is 938. The van der Waals surface area contributed by atoms with Crippen molar-refractivity contribution in [1.82, 2.24) is 0 Å². The second-order valence-electron chi connectivity index (χ2n) is 17.4. The monoisotopic (exact) mass is 860 g/mol. The van der Waals surface area contributed by atoms with Crippen molar-refractivity contribution >= 4 is 19.8 Å². The summed E-state index contributed by atoms with van der Waals surface area (Å²) in [4.78, 5) is 34.9. The number of esters is 2. The first-order chi connectivity index (χ1) is 28.8. The molecule has 2 atom stereocenters. The van der Waals surface area contributed by atoms with E-state index in [4.69, 9.17) is 24.3 Å². The van der Waals surface area contributed by atoms with Gasteiger partial charge in [0.15, 0.2) is 6.10 Å². The number of hydrogen-bond donors (Lipinski definition) is 2. The molecular formula is C49H98NO8P. The summed E-state index contributed by atoms with van der Waals surface area (Å²) >= 11 is 0. The fourth-order valence-corrected chi connectivity index (χ4v) is 8.46. The molecule has 0 aromatic carbocycles. The van der Waals surface area contributed by atoms with E-state index in [1.54, 1.807) is 0 Å². The molecule has 0 aliphatic rings. The largest absolute Gasteiger partial charge is 0.472 e. The van der Waals surface area contributed by atoms with E-state index in [1.807, 2.05) is 0 Å². The number of hydrogen-bond acceptors (Lipinski definition) is 8. The predicted octanol–water partition coefficient (Wildman–Crippen LogP) is 15.2. The number of rotatable bonds is 49. The second kappa shape index (κ2) is 46.5. The topological polar surface area (TPSA) is 134 Å². The minimum Gasteiger partial charge on any atom is -0.462 e. The Morgan fingerprint density at radius 2 is 0.729 bits per heavy atom. The minimum absolute atomic E-state index is 0.0582. The van der Waals surface area contributed by atoms with E-state index in [1.165, 1.54) is 205 Å². The molecule has 0 rings (SSSR count). The predicted molar refractivity (Wildman–Crippen MR) is 248 cm³/mol. The van der Waals surface area contributed by atoms with Crippen LogP contribution in [0, 0.1) is 0 Å². The molecule has 352 valence electrons. The van der Waals surface area contributed by atoms with Crippen LogP contribution >= 0.6 is 7.82 Å². The van der Waals surface area contributed by atoms with Crippen LogP contribution < -0.4 is 5.73 Å².